The summed E-state index contributed by atoms with van der Waals surface area (Å²) < 4.78 is 0. The lowest BCUT2D eigenvalue weighted by atomic mass is 10.2. The zero-order chi connectivity index (χ0) is 13.0. The maximum absolute atomic E-state index is 11.8. The molecular weight excluding hydrogens is 246 g/mol. The van der Waals surface area contributed by atoms with Crippen LogP contribution in [0.2, 0.25) is 0 Å². The molecule has 0 unspecified atom stereocenters. The largest absolute Gasteiger partial charge is 0.346 e. The molecule has 1 N–H and O–H groups in total. The van der Waals surface area contributed by atoms with Gasteiger partial charge in [-0.2, -0.15) is 5.26 Å². The number of hydrogen-bond acceptors (Lipinski definition) is 4. The molecule has 0 bridgehead atoms. The van der Waals surface area contributed by atoms with Gasteiger partial charge < -0.3 is 5.32 Å². The third kappa shape index (κ3) is 2.73. The number of amides is 1. The summed E-state index contributed by atoms with van der Waals surface area (Å²) in [7, 11) is 0. The highest BCUT2D eigenvalue weighted by atomic mass is 32.1. The van der Waals surface area contributed by atoms with Crippen molar-refractivity contribution in [1.29, 1.82) is 5.26 Å². The Morgan fingerprint density at radius 1 is 1.50 bits per heavy atom. The van der Waals surface area contributed by atoms with Gasteiger partial charge in [-0.15, -0.1) is 11.3 Å². The van der Waals surface area contributed by atoms with E-state index in [1.807, 2.05) is 24.4 Å². The van der Waals surface area contributed by atoms with Gasteiger partial charge in [-0.3, -0.25) is 4.79 Å². The molecular formula is C13H11N3OS. The monoisotopic (exact) mass is 257 g/mol. The summed E-state index contributed by atoms with van der Waals surface area (Å²) in [6.07, 6.45) is 0. The van der Waals surface area contributed by atoms with E-state index < -0.39 is 0 Å². The number of pyridine rings is 1. The highest BCUT2D eigenvalue weighted by Crippen LogP contribution is 2.14. The number of nitriles is 1. The number of hydrogen-bond donors (Lipinski definition) is 1. The maximum Gasteiger partial charge on any atom is 0.270 e. The quantitative estimate of drug-likeness (QED) is 0.917. The van der Waals surface area contributed by atoms with Crippen LogP contribution in [0.15, 0.2) is 29.6 Å². The minimum atomic E-state index is -0.264. The van der Waals surface area contributed by atoms with Gasteiger partial charge in [0.05, 0.1) is 6.54 Å². The molecule has 0 fully saturated rings. The molecule has 1 amide bonds. The van der Waals surface area contributed by atoms with E-state index in [1.54, 1.807) is 29.5 Å². The van der Waals surface area contributed by atoms with Gasteiger partial charge in [0.25, 0.3) is 5.91 Å². The minimum Gasteiger partial charge on any atom is -0.346 e. The van der Waals surface area contributed by atoms with Crippen LogP contribution >= 0.6 is 11.3 Å². The highest BCUT2D eigenvalue weighted by Gasteiger charge is 2.08. The summed E-state index contributed by atoms with van der Waals surface area (Å²) in [5.41, 5.74) is 1.68. The van der Waals surface area contributed by atoms with Crippen LogP contribution in [0.25, 0.3) is 0 Å². The van der Waals surface area contributed by atoms with E-state index >= 15 is 0 Å². The van der Waals surface area contributed by atoms with Crippen LogP contribution in [0.4, 0.5) is 0 Å². The predicted octanol–water partition coefficient (Wildman–Crippen LogP) is 2.25. The lowest BCUT2D eigenvalue weighted by Crippen LogP contribution is -2.23. The van der Waals surface area contributed by atoms with Crippen molar-refractivity contribution in [3.8, 4) is 6.07 Å². The van der Waals surface area contributed by atoms with Crippen molar-refractivity contribution in [2.75, 3.05) is 0 Å². The summed E-state index contributed by atoms with van der Waals surface area (Å²) in [5.74, 6) is -0.264. The summed E-state index contributed by atoms with van der Waals surface area (Å²) in [6.45, 7) is 2.49. The number of aryl methyl sites for hydroxylation is 1. The van der Waals surface area contributed by atoms with Crippen LogP contribution in [0, 0.1) is 18.3 Å². The van der Waals surface area contributed by atoms with Crippen molar-refractivity contribution in [3.63, 3.8) is 0 Å². The van der Waals surface area contributed by atoms with Gasteiger partial charge >= 0.3 is 0 Å². The Bertz CT molecular complexity index is 613. The molecule has 0 atom stereocenters. The van der Waals surface area contributed by atoms with E-state index in [1.165, 1.54) is 5.56 Å². The minimum absolute atomic E-state index is 0.245. The van der Waals surface area contributed by atoms with E-state index in [4.69, 9.17) is 5.26 Å². The third-order valence-electron chi connectivity index (χ3n) is 2.47. The van der Waals surface area contributed by atoms with Crippen LogP contribution in [-0.4, -0.2) is 10.9 Å². The van der Waals surface area contributed by atoms with Gasteiger partial charge in [-0.1, -0.05) is 6.07 Å². The number of thiophene rings is 1. The van der Waals surface area contributed by atoms with E-state index in [9.17, 15) is 4.79 Å². The normalized spacial score (nSPS) is 9.78. The van der Waals surface area contributed by atoms with Crippen LogP contribution in [0.3, 0.4) is 0 Å². The fraction of sp³-hybridized carbons (Fsp3) is 0.154. The second-order valence-electron chi connectivity index (χ2n) is 3.73. The topological polar surface area (TPSA) is 65.8 Å². The first kappa shape index (κ1) is 12.3. The number of aromatic nitrogens is 1. The van der Waals surface area contributed by atoms with Gasteiger partial charge in [0, 0.05) is 4.88 Å². The molecule has 2 rings (SSSR count). The van der Waals surface area contributed by atoms with Crippen LogP contribution < -0.4 is 5.32 Å². The molecule has 0 spiro atoms. The van der Waals surface area contributed by atoms with Gasteiger partial charge in [0.2, 0.25) is 0 Å². The van der Waals surface area contributed by atoms with E-state index in [0.717, 1.165) is 4.88 Å². The SMILES string of the molecule is Cc1ccsc1CNC(=O)c1cccc(C#N)n1. The Hall–Kier alpha value is -2.19. The second kappa shape index (κ2) is 5.43. The first-order valence-corrected chi connectivity index (χ1v) is 6.27. The molecule has 0 radical (unpaired) electrons. The highest BCUT2D eigenvalue weighted by molar-refractivity contribution is 7.10. The van der Waals surface area contributed by atoms with Gasteiger partial charge in [-0.05, 0) is 36.1 Å². The molecule has 18 heavy (non-hydrogen) atoms. The smallest absolute Gasteiger partial charge is 0.270 e. The van der Waals surface area contributed by atoms with Crippen molar-refractivity contribution < 1.29 is 4.79 Å². The molecule has 2 heterocycles. The predicted molar refractivity (Wildman–Crippen MR) is 69.2 cm³/mol. The van der Waals surface area contributed by atoms with Crippen molar-refractivity contribution in [2.24, 2.45) is 0 Å². The van der Waals surface area contributed by atoms with Gasteiger partial charge in [0.15, 0.2) is 0 Å². The first-order chi connectivity index (χ1) is 8.70. The summed E-state index contributed by atoms with van der Waals surface area (Å²) >= 11 is 1.61. The summed E-state index contributed by atoms with van der Waals surface area (Å²) in [6, 6.07) is 8.74. The van der Waals surface area contributed by atoms with Gasteiger partial charge in [-0.25, -0.2) is 4.98 Å². The molecule has 4 nitrogen and oxygen atoms in total. The Morgan fingerprint density at radius 3 is 3.00 bits per heavy atom. The Kier molecular flexibility index (Phi) is 3.70. The molecule has 2 aromatic heterocycles. The molecule has 0 aliphatic rings. The Balaban J connectivity index is 2.04. The van der Waals surface area contributed by atoms with Crippen molar-refractivity contribution >= 4 is 17.2 Å². The van der Waals surface area contributed by atoms with Crippen molar-refractivity contribution in [2.45, 2.75) is 13.5 Å². The van der Waals surface area contributed by atoms with Crippen LogP contribution in [0.5, 0.6) is 0 Å². The number of carbonyl (C=O) groups is 1. The van der Waals surface area contributed by atoms with E-state index in [-0.39, 0.29) is 17.3 Å². The fourth-order valence-electron chi connectivity index (χ4n) is 1.46. The summed E-state index contributed by atoms with van der Waals surface area (Å²) in [4.78, 5) is 16.9. The van der Waals surface area contributed by atoms with Crippen molar-refractivity contribution in [1.82, 2.24) is 10.3 Å². The molecule has 2 aromatic rings. The van der Waals surface area contributed by atoms with E-state index in [0.29, 0.717) is 6.54 Å². The molecule has 0 saturated heterocycles. The number of carbonyl (C=O) groups excluding carboxylic acids is 1. The van der Waals surface area contributed by atoms with Crippen molar-refractivity contribution in [3.05, 3.63) is 51.5 Å². The molecule has 0 aliphatic carbocycles. The molecule has 0 aromatic carbocycles. The first-order valence-electron chi connectivity index (χ1n) is 5.39. The van der Waals surface area contributed by atoms with Crippen LogP contribution in [-0.2, 0) is 6.54 Å². The molecule has 0 saturated carbocycles. The third-order valence-corrected chi connectivity index (χ3v) is 3.50. The zero-order valence-corrected chi connectivity index (χ0v) is 10.6. The van der Waals surface area contributed by atoms with Gasteiger partial charge in [0.1, 0.15) is 17.5 Å². The zero-order valence-electron chi connectivity index (χ0n) is 9.80. The number of nitrogens with one attached hydrogen (secondary N) is 1. The molecule has 5 heteroatoms. The Labute approximate surface area is 109 Å². The molecule has 90 valence electrons. The molecule has 0 aliphatic heterocycles. The average molecular weight is 257 g/mol. The fourth-order valence-corrected chi connectivity index (χ4v) is 2.31. The standard InChI is InChI=1S/C13H11N3OS/c1-9-5-6-18-12(9)8-15-13(17)11-4-2-3-10(7-14)16-11/h2-6H,8H2,1H3,(H,15,17). The maximum atomic E-state index is 11.8. The van der Waals surface area contributed by atoms with Crippen LogP contribution in [0.1, 0.15) is 26.6 Å². The second-order valence-corrected chi connectivity index (χ2v) is 4.73. The number of nitrogens with zero attached hydrogens (tertiary/aromatic N) is 2. The number of rotatable bonds is 3. The average Bonchev–Trinajstić information content (AvgIpc) is 2.81. The lowest BCUT2D eigenvalue weighted by Gasteiger charge is -2.04. The Morgan fingerprint density at radius 2 is 2.33 bits per heavy atom. The van der Waals surface area contributed by atoms with E-state index in [2.05, 4.69) is 10.3 Å². The lowest BCUT2D eigenvalue weighted by molar-refractivity contribution is 0.0946. The summed E-state index contributed by atoms with van der Waals surface area (Å²) in [5, 5.41) is 13.5.